The van der Waals surface area contributed by atoms with Gasteiger partial charge in [-0.05, 0) is 30.3 Å². The summed E-state index contributed by atoms with van der Waals surface area (Å²) in [6.45, 7) is -0.215. The average Bonchev–Trinajstić information content (AvgIpc) is 3.01. The van der Waals surface area contributed by atoms with Crippen LogP contribution in [0.4, 0.5) is 5.69 Å². The Kier molecular flexibility index (Phi) is 4.31. The van der Waals surface area contributed by atoms with Gasteiger partial charge in [0.2, 0.25) is 0 Å². The highest BCUT2D eigenvalue weighted by Gasteiger charge is 2.32. The van der Waals surface area contributed by atoms with E-state index in [9.17, 15) is 29.7 Å². The number of amidine groups is 1. The van der Waals surface area contributed by atoms with Gasteiger partial charge in [0.25, 0.3) is 5.56 Å². The quantitative estimate of drug-likeness (QED) is 0.439. The number of rotatable bonds is 4. The molecule has 2 heterocycles. The maximum atomic E-state index is 12.3. The standard InChI is InChI=1S/C20H14N4O6/c21-16-15(17-22-13-4-2-1-3-12(13)18(26)23-17)14(25)8-24(16)11-6-9(19(27)28)5-10(7-11)20(29)30/h1-7,21,25H,8H2,(H,27,28)(H,29,30)(H,22,23,26). The maximum Gasteiger partial charge on any atom is 0.335 e. The molecule has 0 aliphatic carbocycles. The zero-order chi connectivity index (χ0) is 21.6. The number of aliphatic hydroxyl groups is 1. The van der Waals surface area contributed by atoms with E-state index in [0.29, 0.717) is 10.9 Å². The normalized spacial score (nSPS) is 13.9. The van der Waals surface area contributed by atoms with Crippen LogP contribution in [-0.2, 0) is 0 Å². The first-order valence-electron chi connectivity index (χ1n) is 8.66. The molecule has 150 valence electrons. The molecule has 0 amide bonds. The van der Waals surface area contributed by atoms with Gasteiger partial charge in [0.05, 0.1) is 34.1 Å². The number of carboxylic acids is 2. The molecule has 5 N–H and O–H groups in total. The van der Waals surface area contributed by atoms with Gasteiger partial charge in [-0.3, -0.25) is 10.2 Å². The van der Waals surface area contributed by atoms with E-state index in [4.69, 9.17) is 5.41 Å². The number of hydrogen-bond donors (Lipinski definition) is 5. The van der Waals surface area contributed by atoms with Crippen molar-refractivity contribution in [1.82, 2.24) is 9.97 Å². The lowest BCUT2D eigenvalue weighted by Gasteiger charge is -2.20. The SMILES string of the molecule is N=C1C(c2nc3ccccc3c(=O)[nH]2)=C(O)CN1c1cc(C(=O)O)cc(C(=O)O)c1. The van der Waals surface area contributed by atoms with Gasteiger partial charge in [0.1, 0.15) is 17.4 Å². The highest BCUT2D eigenvalue weighted by Crippen LogP contribution is 2.31. The van der Waals surface area contributed by atoms with Crippen molar-refractivity contribution in [2.24, 2.45) is 0 Å². The number of carboxylic acid groups (broad SMARTS) is 2. The van der Waals surface area contributed by atoms with Crippen LogP contribution in [0, 0.1) is 5.41 Å². The van der Waals surface area contributed by atoms with Gasteiger partial charge in [0, 0.05) is 5.69 Å². The molecule has 4 rings (SSSR count). The number of aliphatic hydroxyl groups excluding tert-OH is 1. The summed E-state index contributed by atoms with van der Waals surface area (Å²) in [6.07, 6.45) is 0. The zero-order valence-electron chi connectivity index (χ0n) is 15.2. The molecular weight excluding hydrogens is 392 g/mol. The first-order valence-corrected chi connectivity index (χ1v) is 8.66. The third kappa shape index (κ3) is 3.05. The fourth-order valence-electron chi connectivity index (χ4n) is 3.27. The van der Waals surface area contributed by atoms with Gasteiger partial charge >= 0.3 is 11.9 Å². The Labute approximate surface area is 167 Å². The fourth-order valence-corrected chi connectivity index (χ4v) is 3.27. The molecule has 3 aromatic rings. The van der Waals surface area contributed by atoms with Crippen molar-refractivity contribution in [3.05, 3.63) is 75.5 Å². The number of benzene rings is 2. The van der Waals surface area contributed by atoms with Gasteiger partial charge in [-0.25, -0.2) is 14.6 Å². The predicted octanol–water partition coefficient (Wildman–Crippen LogP) is 2.09. The Hall–Kier alpha value is -4.47. The van der Waals surface area contributed by atoms with Gasteiger partial charge in [-0.1, -0.05) is 12.1 Å². The van der Waals surface area contributed by atoms with E-state index in [1.807, 2.05) is 0 Å². The minimum absolute atomic E-state index is 0.0171. The Balaban J connectivity index is 1.79. The second-order valence-electron chi connectivity index (χ2n) is 6.57. The van der Waals surface area contributed by atoms with Crippen molar-refractivity contribution in [2.75, 3.05) is 11.4 Å². The Morgan fingerprint density at radius 3 is 2.33 bits per heavy atom. The van der Waals surface area contributed by atoms with Crippen LogP contribution in [0.1, 0.15) is 26.5 Å². The van der Waals surface area contributed by atoms with Crippen LogP contribution in [0.15, 0.2) is 53.0 Å². The van der Waals surface area contributed by atoms with Crippen LogP contribution in [0.2, 0.25) is 0 Å². The Morgan fingerprint density at radius 1 is 1.07 bits per heavy atom. The minimum atomic E-state index is -1.33. The van der Waals surface area contributed by atoms with Crippen molar-refractivity contribution in [3.63, 3.8) is 0 Å². The lowest BCUT2D eigenvalue weighted by Crippen LogP contribution is -2.27. The van der Waals surface area contributed by atoms with Crippen molar-refractivity contribution in [1.29, 1.82) is 5.41 Å². The second kappa shape index (κ2) is 6.85. The molecule has 10 heteroatoms. The van der Waals surface area contributed by atoms with E-state index in [2.05, 4.69) is 9.97 Å². The van der Waals surface area contributed by atoms with Crippen LogP contribution >= 0.6 is 0 Å². The molecule has 0 fully saturated rings. The van der Waals surface area contributed by atoms with Crippen LogP contribution in [0.25, 0.3) is 16.5 Å². The molecule has 0 saturated heterocycles. The number of para-hydroxylation sites is 1. The monoisotopic (exact) mass is 406 g/mol. The van der Waals surface area contributed by atoms with Gasteiger partial charge < -0.3 is 25.2 Å². The van der Waals surface area contributed by atoms with Gasteiger partial charge in [-0.2, -0.15) is 0 Å². The van der Waals surface area contributed by atoms with Crippen molar-refractivity contribution in [2.45, 2.75) is 0 Å². The van der Waals surface area contributed by atoms with E-state index in [1.165, 1.54) is 17.0 Å². The number of H-pyrrole nitrogens is 1. The maximum absolute atomic E-state index is 12.3. The average molecular weight is 406 g/mol. The van der Waals surface area contributed by atoms with E-state index in [0.717, 1.165) is 6.07 Å². The fraction of sp³-hybridized carbons (Fsp3) is 0.0500. The molecule has 30 heavy (non-hydrogen) atoms. The van der Waals surface area contributed by atoms with E-state index in [-0.39, 0.29) is 46.4 Å². The highest BCUT2D eigenvalue weighted by atomic mass is 16.4. The number of nitrogens with one attached hydrogen (secondary N) is 2. The van der Waals surface area contributed by atoms with Crippen molar-refractivity contribution < 1.29 is 24.9 Å². The molecule has 10 nitrogen and oxygen atoms in total. The predicted molar refractivity (Wildman–Crippen MR) is 107 cm³/mol. The topological polar surface area (TPSA) is 168 Å². The van der Waals surface area contributed by atoms with E-state index in [1.54, 1.807) is 24.3 Å². The molecule has 0 saturated carbocycles. The Bertz CT molecular complexity index is 1310. The third-order valence-corrected chi connectivity index (χ3v) is 4.68. The van der Waals surface area contributed by atoms with Crippen LogP contribution < -0.4 is 10.5 Å². The summed E-state index contributed by atoms with van der Waals surface area (Å²) in [5.41, 5.74) is -0.546. The number of anilines is 1. The summed E-state index contributed by atoms with van der Waals surface area (Å²) in [7, 11) is 0. The summed E-state index contributed by atoms with van der Waals surface area (Å²) in [4.78, 5) is 43.2. The first kappa shape index (κ1) is 18.9. The van der Waals surface area contributed by atoms with Gasteiger partial charge in [-0.15, -0.1) is 0 Å². The molecule has 1 aliphatic rings. The molecule has 0 radical (unpaired) electrons. The number of hydrogen-bond acceptors (Lipinski definition) is 6. The minimum Gasteiger partial charge on any atom is -0.509 e. The second-order valence-corrected chi connectivity index (χ2v) is 6.57. The van der Waals surface area contributed by atoms with Crippen molar-refractivity contribution in [3.8, 4) is 0 Å². The highest BCUT2D eigenvalue weighted by molar-refractivity contribution is 6.30. The lowest BCUT2D eigenvalue weighted by molar-refractivity contribution is 0.0696. The molecule has 1 aliphatic heterocycles. The molecule has 1 aromatic heterocycles. The summed E-state index contributed by atoms with van der Waals surface area (Å²) < 4.78 is 0. The smallest absolute Gasteiger partial charge is 0.335 e. The van der Waals surface area contributed by atoms with Crippen LogP contribution in [-0.4, -0.2) is 49.6 Å². The molecule has 0 spiro atoms. The number of nitrogens with zero attached hydrogens (tertiary/aromatic N) is 2. The van der Waals surface area contributed by atoms with E-state index < -0.39 is 17.5 Å². The Morgan fingerprint density at radius 2 is 1.70 bits per heavy atom. The summed E-state index contributed by atoms with van der Waals surface area (Å²) in [5.74, 6) is -3.21. The molecule has 0 atom stereocenters. The van der Waals surface area contributed by atoms with Crippen molar-refractivity contribution >= 4 is 39.9 Å². The zero-order valence-corrected chi connectivity index (χ0v) is 15.2. The number of fused-ring (bicyclic) bond motifs is 1. The number of aromatic carboxylic acids is 2. The summed E-state index contributed by atoms with van der Waals surface area (Å²) in [5, 5.41) is 37.8. The molecule has 2 aromatic carbocycles. The molecule has 0 bridgehead atoms. The molecular formula is C20H14N4O6. The number of carbonyl (C=O) groups is 2. The largest absolute Gasteiger partial charge is 0.509 e. The summed E-state index contributed by atoms with van der Waals surface area (Å²) >= 11 is 0. The van der Waals surface area contributed by atoms with Crippen LogP contribution in [0.5, 0.6) is 0 Å². The number of aromatic nitrogens is 2. The third-order valence-electron chi connectivity index (χ3n) is 4.68. The number of aromatic amines is 1. The van der Waals surface area contributed by atoms with Crippen LogP contribution in [0.3, 0.4) is 0 Å². The summed E-state index contributed by atoms with van der Waals surface area (Å²) in [6, 6.07) is 10.0. The first-order chi connectivity index (χ1) is 14.3. The van der Waals surface area contributed by atoms with Gasteiger partial charge in [0.15, 0.2) is 0 Å². The lowest BCUT2D eigenvalue weighted by atomic mass is 10.1. The molecule has 0 unspecified atom stereocenters. The van der Waals surface area contributed by atoms with E-state index >= 15 is 0 Å².